The summed E-state index contributed by atoms with van der Waals surface area (Å²) in [6.07, 6.45) is 10.5. The van der Waals surface area contributed by atoms with Crippen molar-refractivity contribution in [2.75, 3.05) is 26.2 Å². The number of hydrogen-bond acceptors (Lipinski definition) is 4. The minimum absolute atomic E-state index is 0.00148. The van der Waals surface area contributed by atoms with Gasteiger partial charge in [0.15, 0.2) is 0 Å². The zero-order chi connectivity index (χ0) is 21.8. The molecule has 1 N–H and O–H groups in total. The van der Waals surface area contributed by atoms with Gasteiger partial charge in [-0.15, -0.1) is 0 Å². The van der Waals surface area contributed by atoms with Gasteiger partial charge in [-0.05, 0) is 56.0 Å². The quantitative estimate of drug-likeness (QED) is 0.518. The zero-order valence-corrected chi connectivity index (χ0v) is 19.0. The molecule has 2 aliphatic rings. The summed E-state index contributed by atoms with van der Waals surface area (Å²) in [4.78, 5) is 20.4. The van der Waals surface area contributed by atoms with E-state index in [1.165, 1.54) is 29.3 Å². The van der Waals surface area contributed by atoms with E-state index in [9.17, 15) is 4.79 Å². The van der Waals surface area contributed by atoms with Crippen LogP contribution in [0, 0.1) is 0 Å². The van der Waals surface area contributed by atoms with Crippen LogP contribution in [0.5, 0.6) is 0 Å². The van der Waals surface area contributed by atoms with E-state index in [0.717, 1.165) is 60.2 Å². The molecule has 0 fully saturated rings. The van der Waals surface area contributed by atoms with E-state index < -0.39 is 0 Å². The van der Waals surface area contributed by atoms with E-state index in [2.05, 4.69) is 56.0 Å². The Hall–Kier alpha value is -2.83. The van der Waals surface area contributed by atoms with Gasteiger partial charge >= 0.3 is 0 Å². The second-order valence-electron chi connectivity index (χ2n) is 8.36. The Kier molecular flexibility index (Phi) is 6.41. The van der Waals surface area contributed by atoms with Gasteiger partial charge in [0.25, 0.3) is 5.91 Å². The van der Waals surface area contributed by atoms with Crippen LogP contribution in [0.1, 0.15) is 30.5 Å². The topological polar surface area (TPSA) is 49.6 Å². The number of carbonyl (C=O) groups excluding carboxylic acids is 1. The van der Waals surface area contributed by atoms with Crippen LogP contribution in [-0.4, -0.2) is 46.4 Å². The summed E-state index contributed by atoms with van der Waals surface area (Å²) in [5, 5.41) is 4.14. The van der Waals surface area contributed by atoms with Gasteiger partial charge in [0.05, 0.1) is 21.8 Å². The monoisotopic (exact) mass is 444 g/mol. The normalized spacial score (nSPS) is 16.0. The predicted octanol–water partition coefficient (Wildman–Crippen LogP) is 4.55. The molecule has 0 unspecified atom stereocenters. The summed E-state index contributed by atoms with van der Waals surface area (Å²) in [6.45, 7) is 3.96. The van der Waals surface area contributed by atoms with Gasteiger partial charge in [0.1, 0.15) is 5.65 Å². The van der Waals surface area contributed by atoms with Crippen LogP contribution in [0.3, 0.4) is 0 Å². The van der Waals surface area contributed by atoms with E-state index in [1.807, 2.05) is 30.5 Å². The lowest BCUT2D eigenvalue weighted by atomic mass is 10.0. The third kappa shape index (κ3) is 4.81. The number of benzene rings is 1. The highest BCUT2D eigenvalue weighted by Gasteiger charge is 2.20. The number of nitrogens with zero attached hydrogens (tertiary/aromatic N) is 3. The number of thioether (sulfide) groups is 1. The van der Waals surface area contributed by atoms with Crippen molar-refractivity contribution >= 4 is 29.4 Å². The van der Waals surface area contributed by atoms with Crippen LogP contribution in [0.15, 0.2) is 76.3 Å². The lowest BCUT2D eigenvalue weighted by molar-refractivity contribution is -0.116. The van der Waals surface area contributed by atoms with Crippen molar-refractivity contribution in [2.24, 2.45) is 0 Å². The van der Waals surface area contributed by atoms with Crippen LogP contribution in [-0.2, 0) is 11.2 Å². The average molecular weight is 445 g/mol. The van der Waals surface area contributed by atoms with E-state index in [0.29, 0.717) is 6.54 Å². The van der Waals surface area contributed by atoms with Gasteiger partial charge < -0.3 is 5.32 Å². The summed E-state index contributed by atoms with van der Waals surface area (Å²) in [6, 6.07) is 16.7. The minimum atomic E-state index is -0.00148. The molecular formula is C26H28N4OS. The molecule has 5 nitrogen and oxygen atoms in total. The molecule has 0 saturated carbocycles. The molecule has 1 amide bonds. The Balaban J connectivity index is 1.06. The molecule has 0 radical (unpaired) electrons. The van der Waals surface area contributed by atoms with Crippen LogP contribution >= 0.6 is 11.8 Å². The number of aromatic nitrogens is 2. The molecule has 6 heteroatoms. The second kappa shape index (κ2) is 9.76. The first-order chi connectivity index (χ1) is 15.8. The molecule has 2 aliphatic heterocycles. The average Bonchev–Trinajstić information content (AvgIpc) is 3.25. The van der Waals surface area contributed by atoms with Crippen LogP contribution < -0.4 is 5.32 Å². The highest BCUT2D eigenvalue weighted by Crippen LogP contribution is 2.34. The van der Waals surface area contributed by atoms with Gasteiger partial charge in [-0.2, -0.15) is 0 Å². The van der Waals surface area contributed by atoms with Gasteiger partial charge in [0, 0.05) is 19.6 Å². The van der Waals surface area contributed by atoms with Crippen molar-refractivity contribution in [1.82, 2.24) is 19.6 Å². The van der Waals surface area contributed by atoms with Gasteiger partial charge in [-0.1, -0.05) is 59.8 Å². The van der Waals surface area contributed by atoms with Gasteiger partial charge in [-0.3, -0.25) is 14.1 Å². The molecule has 32 heavy (non-hydrogen) atoms. The standard InChI is InChI=1S/C26H28N4OS/c31-26(23-18-22-19-28-24-9-4-10-25(32-23)30(22)24)27-14-11-21-12-16-29(17-13-21)15-5-8-20-6-2-1-3-7-20/h1-4,6-7,9-10,12,18-19H,5,8,11,13-17H2,(H,27,31). The molecule has 0 saturated heterocycles. The molecule has 0 atom stereocenters. The number of rotatable bonds is 8. The van der Waals surface area contributed by atoms with Crippen LogP contribution in [0.4, 0.5) is 0 Å². The number of imidazole rings is 1. The van der Waals surface area contributed by atoms with Crippen LogP contribution in [0.2, 0.25) is 0 Å². The van der Waals surface area contributed by atoms with E-state index >= 15 is 0 Å². The maximum absolute atomic E-state index is 12.7. The molecule has 0 spiro atoms. The molecule has 0 bridgehead atoms. The number of aryl methyl sites for hydroxylation is 1. The first-order valence-electron chi connectivity index (χ1n) is 11.3. The van der Waals surface area contributed by atoms with Crippen molar-refractivity contribution in [3.8, 4) is 0 Å². The number of carbonyl (C=O) groups is 1. The highest BCUT2D eigenvalue weighted by atomic mass is 32.2. The maximum Gasteiger partial charge on any atom is 0.258 e. The fourth-order valence-corrected chi connectivity index (χ4v) is 5.36. The summed E-state index contributed by atoms with van der Waals surface area (Å²) >= 11 is 1.51. The van der Waals surface area contributed by atoms with Crippen molar-refractivity contribution in [3.05, 3.63) is 82.5 Å². The highest BCUT2D eigenvalue weighted by molar-refractivity contribution is 8.04. The molecule has 0 aliphatic carbocycles. The summed E-state index contributed by atoms with van der Waals surface area (Å²) in [5.74, 6) is -0.00148. The van der Waals surface area contributed by atoms with Crippen molar-refractivity contribution in [2.45, 2.75) is 30.7 Å². The number of hydrogen-bond donors (Lipinski definition) is 1. The predicted molar refractivity (Wildman–Crippen MR) is 131 cm³/mol. The molecule has 1 aromatic carbocycles. The van der Waals surface area contributed by atoms with E-state index in [-0.39, 0.29) is 5.91 Å². The molecule has 3 aromatic rings. The lowest BCUT2D eigenvalue weighted by Crippen LogP contribution is -2.31. The Morgan fingerprint density at radius 3 is 2.84 bits per heavy atom. The van der Waals surface area contributed by atoms with Crippen molar-refractivity contribution in [1.29, 1.82) is 0 Å². The number of pyridine rings is 1. The third-order valence-electron chi connectivity index (χ3n) is 6.14. The summed E-state index contributed by atoms with van der Waals surface area (Å²) < 4.78 is 2.08. The lowest BCUT2D eigenvalue weighted by Gasteiger charge is -2.26. The SMILES string of the molecule is O=C(NCCC1=CCN(CCCc2ccccc2)CC1)C1=Cc2cnc3cccc(n23)S1. The Morgan fingerprint density at radius 2 is 2.00 bits per heavy atom. The van der Waals surface area contributed by atoms with Crippen molar-refractivity contribution in [3.63, 3.8) is 0 Å². The second-order valence-corrected chi connectivity index (χ2v) is 9.42. The summed E-state index contributed by atoms with van der Waals surface area (Å²) in [7, 11) is 0. The van der Waals surface area contributed by atoms with Gasteiger partial charge in [-0.25, -0.2) is 4.98 Å². The third-order valence-corrected chi connectivity index (χ3v) is 7.19. The Bertz CT molecular complexity index is 1170. The van der Waals surface area contributed by atoms with E-state index in [4.69, 9.17) is 0 Å². The zero-order valence-electron chi connectivity index (χ0n) is 18.2. The largest absolute Gasteiger partial charge is 0.351 e. The van der Waals surface area contributed by atoms with Gasteiger partial charge in [0.2, 0.25) is 0 Å². The first kappa shape index (κ1) is 21.0. The number of amides is 1. The maximum atomic E-state index is 12.7. The Morgan fingerprint density at radius 1 is 1.09 bits per heavy atom. The molecule has 4 heterocycles. The van der Waals surface area contributed by atoms with Crippen molar-refractivity contribution < 1.29 is 4.79 Å². The molecule has 164 valence electrons. The number of nitrogens with one attached hydrogen (secondary N) is 1. The fraction of sp³-hybridized carbons (Fsp3) is 0.308. The Labute approximate surface area is 193 Å². The smallest absolute Gasteiger partial charge is 0.258 e. The minimum Gasteiger partial charge on any atom is -0.351 e. The molecule has 2 aromatic heterocycles. The molecule has 5 rings (SSSR count). The van der Waals surface area contributed by atoms with E-state index in [1.54, 1.807) is 0 Å². The van der Waals surface area contributed by atoms with Crippen LogP contribution in [0.25, 0.3) is 11.7 Å². The fourth-order valence-electron chi connectivity index (χ4n) is 4.36. The summed E-state index contributed by atoms with van der Waals surface area (Å²) in [5.41, 5.74) is 4.75. The molecular weight excluding hydrogens is 416 g/mol. The first-order valence-corrected chi connectivity index (χ1v) is 12.2.